The monoisotopic (exact) mass is 430 g/mol. The summed E-state index contributed by atoms with van der Waals surface area (Å²) in [6.45, 7) is 0.566. The van der Waals surface area contributed by atoms with Crippen LogP contribution in [-0.2, 0) is 10.9 Å². The number of benzene rings is 2. The molecule has 0 aliphatic heterocycles. The van der Waals surface area contributed by atoms with Gasteiger partial charge in [-0.3, -0.25) is 4.79 Å². The Morgan fingerprint density at radius 1 is 1.13 bits per heavy atom. The van der Waals surface area contributed by atoms with Crippen molar-refractivity contribution in [3.63, 3.8) is 0 Å². The number of anilines is 1. The van der Waals surface area contributed by atoms with Crippen LogP contribution in [0, 0.1) is 5.92 Å². The predicted molar refractivity (Wildman–Crippen MR) is 108 cm³/mol. The predicted octanol–water partition coefficient (Wildman–Crippen LogP) is 4.09. The first-order chi connectivity index (χ1) is 14.7. The van der Waals surface area contributed by atoms with Gasteiger partial charge in [0, 0.05) is 11.8 Å². The number of nitrogens with two attached hydrogens (primary N) is 2. The van der Waals surface area contributed by atoms with Gasteiger partial charge in [-0.15, -0.1) is 0 Å². The maximum atomic E-state index is 13.1. The fourth-order valence-corrected chi connectivity index (χ4v) is 3.34. The third-order valence-corrected chi connectivity index (χ3v) is 5.08. The van der Waals surface area contributed by atoms with Gasteiger partial charge in [-0.25, -0.2) is 4.68 Å². The van der Waals surface area contributed by atoms with Crippen molar-refractivity contribution in [2.75, 3.05) is 12.3 Å². The molecule has 2 aromatic carbocycles. The van der Waals surface area contributed by atoms with E-state index in [1.807, 2.05) is 18.2 Å². The van der Waals surface area contributed by atoms with Gasteiger partial charge in [0.05, 0.1) is 12.3 Å². The summed E-state index contributed by atoms with van der Waals surface area (Å²) < 4.78 is 46.5. The van der Waals surface area contributed by atoms with E-state index in [2.05, 4.69) is 5.10 Å². The van der Waals surface area contributed by atoms with Crippen LogP contribution < -0.4 is 11.5 Å². The van der Waals surface area contributed by atoms with Crippen molar-refractivity contribution in [2.24, 2.45) is 11.7 Å². The lowest BCUT2D eigenvalue weighted by Crippen LogP contribution is -2.17. The van der Waals surface area contributed by atoms with Crippen molar-refractivity contribution in [1.29, 1.82) is 0 Å². The molecule has 31 heavy (non-hydrogen) atoms. The number of primary amides is 1. The zero-order valence-electron chi connectivity index (χ0n) is 16.5. The first-order valence-corrected chi connectivity index (χ1v) is 9.77. The highest BCUT2D eigenvalue weighted by Gasteiger charge is 2.36. The molecule has 1 aliphatic carbocycles. The second-order valence-electron chi connectivity index (χ2n) is 7.61. The Labute approximate surface area is 176 Å². The number of carbonyl (C=O) groups excluding carboxylic acids is 1. The van der Waals surface area contributed by atoms with Gasteiger partial charge in [-0.2, -0.15) is 18.3 Å². The van der Waals surface area contributed by atoms with Crippen LogP contribution in [0.25, 0.3) is 5.69 Å². The molecule has 1 unspecified atom stereocenters. The Morgan fingerprint density at radius 2 is 1.81 bits per heavy atom. The van der Waals surface area contributed by atoms with Crippen molar-refractivity contribution in [3.8, 4) is 5.69 Å². The molecule has 4 rings (SSSR count). The molecular formula is C22H21F3N4O2. The molecule has 1 heterocycles. The molecule has 1 atom stereocenters. The maximum absolute atomic E-state index is 13.1. The van der Waals surface area contributed by atoms with Gasteiger partial charge in [-0.1, -0.05) is 24.3 Å². The number of aromatic nitrogens is 2. The molecule has 4 N–H and O–H groups in total. The SMILES string of the molecule is NC(=O)c1cc(C(F)(F)F)nn1-c1cccc(C(OCC2CC2)c2cccc(N)c2)c1. The number of hydrogen-bond acceptors (Lipinski definition) is 4. The highest BCUT2D eigenvalue weighted by Crippen LogP contribution is 2.35. The van der Waals surface area contributed by atoms with E-state index < -0.39 is 23.9 Å². The van der Waals surface area contributed by atoms with Gasteiger partial charge >= 0.3 is 6.18 Å². The van der Waals surface area contributed by atoms with Gasteiger partial charge < -0.3 is 16.2 Å². The number of halogens is 3. The second-order valence-corrected chi connectivity index (χ2v) is 7.61. The fourth-order valence-electron chi connectivity index (χ4n) is 3.34. The first kappa shape index (κ1) is 20.9. The van der Waals surface area contributed by atoms with E-state index in [-0.39, 0.29) is 11.4 Å². The highest BCUT2D eigenvalue weighted by molar-refractivity contribution is 5.91. The van der Waals surface area contributed by atoms with E-state index in [1.54, 1.807) is 30.3 Å². The van der Waals surface area contributed by atoms with E-state index in [9.17, 15) is 18.0 Å². The Morgan fingerprint density at radius 3 is 2.42 bits per heavy atom. The summed E-state index contributed by atoms with van der Waals surface area (Å²) in [6, 6.07) is 14.6. The number of hydrogen-bond donors (Lipinski definition) is 2. The Balaban J connectivity index is 1.75. The number of ether oxygens (including phenoxy) is 1. The van der Waals surface area contributed by atoms with Crippen LogP contribution in [0.1, 0.15) is 46.3 Å². The molecule has 3 aromatic rings. The Kier molecular flexibility index (Phi) is 5.45. The summed E-state index contributed by atoms with van der Waals surface area (Å²) >= 11 is 0. The molecule has 0 radical (unpaired) electrons. The van der Waals surface area contributed by atoms with E-state index in [1.165, 1.54) is 0 Å². The molecule has 1 aromatic heterocycles. The minimum absolute atomic E-state index is 0.269. The fraction of sp³-hybridized carbons (Fsp3) is 0.273. The maximum Gasteiger partial charge on any atom is 0.435 e. The van der Waals surface area contributed by atoms with Crippen molar-refractivity contribution in [3.05, 3.63) is 77.1 Å². The number of carbonyl (C=O) groups is 1. The lowest BCUT2D eigenvalue weighted by atomic mass is 10.00. The van der Waals surface area contributed by atoms with Gasteiger partial charge in [0.15, 0.2) is 5.69 Å². The van der Waals surface area contributed by atoms with Crippen LogP contribution in [0.3, 0.4) is 0 Å². The van der Waals surface area contributed by atoms with Crippen molar-refractivity contribution >= 4 is 11.6 Å². The Bertz CT molecular complexity index is 1110. The third-order valence-electron chi connectivity index (χ3n) is 5.08. The number of nitrogens with zero attached hydrogens (tertiary/aromatic N) is 2. The largest absolute Gasteiger partial charge is 0.435 e. The summed E-state index contributed by atoms with van der Waals surface area (Å²) in [5.41, 5.74) is 12.0. The summed E-state index contributed by atoms with van der Waals surface area (Å²) in [5.74, 6) is -0.501. The van der Waals surface area contributed by atoms with E-state index in [0.29, 0.717) is 29.8 Å². The van der Waals surface area contributed by atoms with Crippen LogP contribution in [0.2, 0.25) is 0 Å². The molecule has 162 valence electrons. The van der Waals surface area contributed by atoms with Crippen LogP contribution in [0.15, 0.2) is 54.6 Å². The average Bonchev–Trinajstić information content (AvgIpc) is 3.41. The summed E-state index contributed by atoms with van der Waals surface area (Å²) in [6.07, 6.45) is -2.96. The van der Waals surface area contributed by atoms with E-state index in [4.69, 9.17) is 16.2 Å². The molecular weight excluding hydrogens is 409 g/mol. The average molecular weight is 430 g/mol. The molecule has 1 aliphatic rings. The zero-order valence-corrected chi connectivity index (χ0v) is 16.5. The molecule has 9 heteroatoms. The normalized spacial score (nSPS) is 15.1. The van der Waals surface area contributed by atoms with Crippen LogP contribution >= 0.6 is 0 Å². The van der Waals surface area contributed by atoms with Crippen molar-refractivity contribution < 1.29 is 22.7 Å². The number of rotatable bonds is 7. The molecule has 0 spiro atoms. The number of nitrogen functional groups attached to an aromatic ring is 1. The van der Waals surface area contributed by atoms with Gasteiger partial charge in [0.1, 0.15) is 11.8 Å². The van der Waals surface area contributed by atoms with Crippen molar-refractivity contribution in [1.82, 2.24) is 9.78 Å². The third kappa shape index (κ3) is 4.72. The van der Waals surface area contributed by atoms with E-state index >= 15 is 0 Å². The minimum Gasteiger partial charge on any atom is -0.399 e. The summed E-state index contributed by atoms with van der Waals surface area (Å²) in [5, 5.41) is 3.57. The van der Waals surface area contributed by atoms with Gasteiger partial charge in [0.25, 0.3) is 5.91 Å². The molecule has 0 saturated heterocycles. The molecule has 1 fully saturated rings. The number of alkyl halides is 3. The van der Waals surface area contributed by atoms with E-state index in [0.717, 1.165) is 23.1 Å². The smallest absolute Gasteiger partial charge is 0.399 e. The second kappa shape index (κ2) is 8.07. The molecule has 0 bridgehead atoms. The topological polar surface area (TPSA) is 96.2 Å². The van der Waals surface area contributed by atoms with Crippen LogP contribution in [-0.4, -0.2) is 22.3 Å². The molecule has 6 nitrogen and oxygen atoms in total. The van der Waals surface area contributed by atoms with Gasteiger partial charge in [-0.05, 0) is 54.2 Å². The summed E-state index contributed by atoms with van der Waals surface area (Å²) in [7, 11) is 0. The number of amides is 1. The lowest BCUT2D eigenvalue weighted by molar-refractivity contribution is -0.141. The van der Waals surface area contributed by atoms with Crippen LogP contribution in [0.5, 0.6) is 0 Å². The van der Waals surface area contributed by atoms with Gasteiger partial charge in [0.2, 0.25) is 0 Å². The van der Waals surface area contributed by atoms with Crippen LogP contribution in [0.4, 0.5) is 18.9 Å². The molecule has 1 saturated carbocycles. The standard InChI is InChI=1S/C22H21F3N4O2/c23-22(24,25)19-11-18(21(27)30)29(28-19)17-6-2-4-15(10-17)20(31-12-13-7-8-13)14-3-1-5-16(26)9-14/h1-6,9-11,13,20H,7-8,12,26H2,(H2,27,30). The molecule has 1 amide bonds. The quantitative estimate of drug-likeness (QED) is 0.552. The zero-order chi connectivity index (χ0) is 22.2. The first-order valence-electron chi connectivity index (χ1n) is 9.77. The summed E-state index contributed by atoms with van der Waals surface area (Å²) in [4.78, 5) is 11.8. The Hall–Kier alpha value is -3.33. The highest BCUT2D eigenvalue weighted by atomic mass is 19.4. The lowest BCUT2D eigenvalue weighted by Gasteiger charge is -2.20. The minimum atomic E-state index is -4.70. The van der Waals surface area contributed by atoms with Crippen molar-refractivity contribution in [2.45, 2.75) is 25.1 Å².